The average Bonchev–Trinajstić information content (AvgIpc) is 3.04. The maximum Gasteiger partial charge on any atom is 0.430 e. The van der Waals surface area contributed by atoms with E-state index in [1.54, 1.807) is 69.3 Å². The minimum Gasteiger partial charge on any atom is -0.449 e. The van der Waals surface area contributed by atoms with Crippen molar-refractivity contribution < 1.29 is 23.9 Å². The Labute approximate surface area is 196 Å². The van der Waals surface area contributed by atoms with Crippen molar-refractivity contribution in [1.82, 2.24) is 10.4 Å². The molecule has 0 fully saturated rings. The zero-order valence-corrected chi connectivity index (χ0v) is 19.3. The van der Waals surface area contributed by atoms with Crippen LogP contribution >= 0.6 is 11.6 Å². The molecule has 0 aliphatic carbocycles. The molecule has 10 heteroatoms. The first-order chi connectivity index (χ1) is 15.8. The number of rotatable bonds is 6. The highest BCUT2D eigenvalue weighted by Gasteiger charge is 2.57. The van der Waals surface area contributed by atoms with Crippen LogP contribution in [0.2, 0.25) is 5.02 Å². The van der Waals surface area contributed by atoms with Gasteiger partial charge in [0.05, 0.1) is 24.6 Å². The Hall–Kier alpha value is -3.59. The molecule has 1 atom stereocenters. The molecule has 2 aromatic rings. The number of hydrogen-bond acceptors (Lipinski definition) is 6. The number of carbonyl (C=O) groups is 3. The number of hydrogen-bond donors (Lipinski definition) is 1. The van der Waals surface area contributed by atoms with Gasteiger partial charge in [0.25, 0.3) is 5.91 Å². The number of amides is 3. The summed E-state index contributed by atoms with van der Waals surface area (Å²) in [5, 5.41) is 6.98. The van der Waals surface area contributed by atoms with Crippen molar-refractivity contribution in [3.8, 4) is 0 Å². The third-order valence-corrected chi connectivity index (χ3v) is 5.29. The fourth-order valence-corrected chi connectivity index (χ4v) is 3.79. The molecular weight excluding hydrogens is 448 g/mol. The first-order valence-electron chi connectivity index (χ1n) is 10.4. The number of anilines is 1. The summed E-state index contributed by atoms with van der Waals surface area (Å²) < 4.78 is 10.2. The van der Waals surface area contributed by atoms with Gasteiger partial charge >= 0.3 is 12.2 Å². The number of halogens is 1. The Kier molecular flexibility index (Phi) is 7.55. The fraction of sp³-hybridized carbons (Fsp3) is 0.304. The van der Waals surface area contributed by atoms with Gasteiger partial charge in [-0.3, -0.25) is 4.79 Å². The Morgan fingerprint density at radius 3 is 2.42 bits per heavy atom. The average molecular weight is 473 g/mol. The molecule has 0 saturated carbocycles. The normalized spacial score (nSPS) is 17.4. The zero-order valence-electron chi connectivity index (χ0n) is 18.6. The van der Waals surface area contributed by atoms with E-state index in [1.807, 2.05) is 6.07 Å². The number of carbonyl (C=O) groups excluding carboxylic acids is 3. The van der Waals surface area contributed by atoms with Gasteiger partial charge < -0.3 is 9.47 Å². The third kappa shape index (κ3) is 4.93. The molecule has 0 unspecified atom stereocenters. The van der Waals surface area contributed by atoms with Crippen LogP contribution in [0.4, 0.5) is 15.3 Å². The summed E-state index contributed by atoms with van der Waals surface area (Å²) in [4.78, 5) is 39.4. The van der Waals surface area contributed by atoms with Gasteiger partial charge in [0, 0.05) is 11.4 Å². The van der Waals surface area contributed by atoms with Gasteiger partial charge in [0.2, 0.25) is 0 Å². The molecule has 1 heterocycles. The number of hydrazine groups is 1. The van der Waals surface area contributed by atoms with Crippen LogP contribution in [0, 0.1) is 0 Å². The quantitative estimate of drug-likeness (QED) is 0.636. The third-order valence-electron chi connectivity index (χ3n) is 5.06. The van der Waals surface area contributed by atoms with Gasteiger partial charge in [-0.25, -0.2) is 15.0 Å². The SMILES string of the molecule is CCOC(=O)NN(C(=O)OCC)[C@@]1(Cc2cccc(Cl)c2)C(=O)N(c2ccccc2)N=C1C. The van der Waals surface area contributed by atoms with E-state index < -0.39 is 23.6 Å². The molecule has 0 radical (unpaired) electrons. The second kappa shape index (κ2) is 10.4. The summed E-state index contributed by atoms with van der Waals surface area (Å²) >= 11 is 6.17. The lowest BCUT2D eigenvalue weighted by Gasteiger charge is -2.38. The predicted octanol–water partition coefficient (Wildman–Crippen LogP) is 4.16. The van der Waals surface area contributed by atoms with Gasteiger partial charge in [-0.2, -0.15) is 15.1 Å². The molecule has 0 bridgehead atoms. The molecule has 1 N–H and O–H groups in total. The molecule has 9 nitrogen and oxygen atoms in total. The van der Waals surface area contributed by atoms with Gasteiger partial charge in [-0.05, 0) is 50.6 Å². The first kappa shape index (κ1) is 24.1. The minimum atomic E-state index is -1.72. The lowest BCUT2D eigenvalue weighted by molar-refractivity contribution is -0.126. The highest BCUT2D eigenvalue weighted by molar-refractivity contribution is 6.30. The van der Waals surface area contributed by atoms with Crippen molar-refractivity contribution >= 4 is 41.1 Å². The highest BCUT2D eigenvalue weighted by atomic mass is 35.5. The fourth-order valence-electron chi connectivity index (χ4n) is 3.57. The lowest BCUT2D eigenvalue weighted by atomic mass is 9.85. The Morgan fingerprint density at radius 1 is 1.09 bits per heavy atom. The van der Waals surface area contributed by atoms with Crippen molar-refractivity contribution in [2.24, 2.45) is 5.10 Å². The summed E-state index contributed by atoms with van der Waals surface area (Å²) in [6.45, 7) is 4.96. The van der Waals surface area contributed by atoms with Gasteiger partial charge in [0.15, 0.2) is 5.54 Å². The van der Waals surface area contributed by atoms with Crippen LogP contribution in [-0.4, -0.2) is 47.6 Å². The number of para-hydroxylation sites is 1. The standard InChI is InChI=1S/C23H25ClN4O5/c1-4-32-21(30)26-28(22(31)33-5-2)23(15-17-10-9-11-18(24)14-17)16(3)25-27(20(23)29)19-12-7-6-8-13-19/h6-14H,4-5,15H2,1-3H3,(H,26,30)/t23-/m1/s1. The van der Waals surface area contributed by atoms with Gasteiger partial charge in [0.1, 0.15) is 0 Å². The van der Waals surface area contributed by atoms with E-state index in [9.17, 15) is 14.4 Å². The molecule has 2 aromatic carbocycles. The number of hydrazone groups is 1. The molecule has 33 heavy (non-hydrogen) atoms. The zero-order chi connectivity index (χ0) is 24.0. The predicted molar refractivity (Wildman–Crippen MR) is 124 cm³/mol. The van der Waals surface area contributed by atoms with Crippen molar-refractivity contribution in [2.45, 2.75) is 32.7 Å². The molecule has 174 valence electrons. The van der Waals surface area contributed by atoms with Crippen LogP contribution in [-0.2, 0) is 20.7 Å². The summed E-state index contributed by atoms with van der Waals surface area (Å²) in [5.74, 6) is -0.545. The molecule has 0 aromatic heterocycles. The van der Waals surface area contributed by atoms with Crippen molar-refractivity contribution in [1.29, 1.82) is 0 Å². The maximum atomic E-state index is 14.0. The monoisotopic (exact) mass is 472 g/mol. The molecule has 1 aliphatic heterocycles. The van der Waals surface area contributed by atoms with Crippen LogP contribution < -0.4 is 10.4 Å². The molecular formula is C23H25ClN4O5. The van der Waals surface area contributed by atoms with E-state index >= 15 is 0 Å². The van der Waals surface area contributed by atoms with E-state index in [0.29, 0.717) is 16.3 Å². The van der Waals surface area contributed by atoms with Crippen molar-refractivity contribution in [2.75, 3.05) is 18.2 Å². The summed E-state index contributed by atoms with van der Waals surface area (Å²) in [6.07, 6.45) is -1.85. The molecule has 1 aliphatic rings. The first-order valence-corrected chi connectivity index (χ1v) is 10.8. The van der Waals surface area contributed by atoms with Crippen LogP contribution in [0.5, 0.6) is 0 Å². The van der Waals surface area contributed by atoms with Crippen LogP contribution in [0.25, 0.3) is 0 Å². The van der Waals surface area contributed by atoms with Crippen LogP contribution in [0.1, 0.15) is 26.3 Å². The number of ether oxygens (including phenoxy) is 2. The number of benzene rings is 2. The van der Waals surface area contributed by atoms with E-state index in [0.717, 1.165) is 5.01 Å². The molecule has 3 rings (SSSR count). The van der Waals surface area contributed by atoms with E-state index in [4.69, 9.17) is 21.1 Å². The Balaban J connectivity index is 2.15. The van der Waals surface area contributed by atoms with Crippen molar-refractivity contribution in [3.63, 3.8) is 0 Å². The summed E-state index contributed by atoms with van der Waals surface area (Å²) in [5.41, 5.74) is 2.11. The van der Waals surface area contributed by atoms with Crippen LogP contribution in [0.3, 0.4) is 0 Å². The van der Waals surface area contributed by atoms with Gasteiger partial charge in [-0.1, -0.05) is 41.9 Å². The number of nitrogens with zero attached hydrogens (tertiary/aromatic N) is 3. The smallest absolute Gasteiger partial charge is 0.430 e. The van der Waals surface area contributed by atoms with E-state index in [2.05, 4.69) is 10.5 Å². The van der Waals surface area contributed by atoms with Crippen LogP contribution in [0.15, 0.2) is 59.7 Å². The molecule has 3 amide bonds. The highest BCUT2D eigenvalue weighted by Crippen LogP contribution is 2.34. The number of nitrogens with one attached hydrogen (secondary N) is 1. The largest absolute Gasteiger partial charge is 0.449 e. The summed E-state index contributed by atoms with van der Waals surface area (Å²) in [7, 11) is 0. The summed E-state index contributed by atoms with van der Waals surface area (Å²) in [6, 6.07) is 15.7. The second-order valence-corrected chi connectivity index (χ2v) is 7.61. The maximum absolute atomic E-state index is 14.0. The Morgan fingerprint density at radius 2 is 1.79 bits per heavy atom. The van der Waals surface area contributed by atoms with Crippen molar-refractivity contribution in [3.05, 3.63) is 65.2 Å². The van der Waals surface area contributed by atoms with E-state index in [1.165, 1.54) is 5.01 Å². The Bertz CT molecular complexity index is 1060. The molecule has 0 saturated heterocycles. The second-order valence-electron chi connectivity index (χ2n) is 7.17. The lowest BCUT2D eigenvalue weighted by Crippen LogP contribution is -2.68. The molecule has 0 spiro atoms. The van der Waals surface area contributed by atoms with E-state index in [-0.39, 0.29) is 25.3 Å². The minimum absolute atomic E-state index is 0.0176. The topological polar surface area (TPSA) is 101 Å². The van der Waals surface area contributed by atoms with Gasteiger partial charge in [-0.15, -0.1) is 0 Å².